The maximum atomic E-state index is 13.7. The van der Waals surface area contributed by atoms with Crippen LogP contribution in [0.25, 0.3) is 0 Å². The Kier molecular flexibility index (Phi) is 7.60. The van der Waals surface area contributed by atoms with E-state index >= 15 is 0 Å². The first-order valence-electron chi connectivity index (χ1n) is 13.0. The van der Waals surface area contributed by atoms with Gasteiger partial charge in [-0.1, -0.05) is 29.6 Å². The second-order valence-corrected chi connectivity index (χ2v) is 10.0. The van der Waals surface area contributed by atoms with E-state index in [0.717, 1.165) is 49.0 Å². The summed E-state index contributed by atoms with van der Waals surface area (Å²) in [6.45, 7) is 3.80. The van der Waals surface area contributed by atoms with Gasteiger partial charge in [-0.05, 0) is 75.4 Å². The van der Waals surface area contributed by atoms with E-state index in [1.807, 2.05) is 19.9 Å². The first-order chi connectivity index (χ1) is 19.1. The summed E-state index contributed by atoms with van der Waals surface area (Å²) < 4.78 is 41.2. The van der Waals surface area contributed by atoms with Crippen molar-refractivity contribution in [2.45, 2.75) is 51.7 Å². The molecule has 0 unspecified atom stereocenters. The third-order valence-electron chi connectivity index (χ3n) is 6.54. The van der Waals surface area contributed by atoms with E-state index < -0.39 is 17.6 Å². The molecule has 2 aromatic carbocycles. The number of aryl methyl sites for hydroxylation is 1. The van der Waals surface area contributed by atoms with E-state index in [2.05, 4.69) is 32.4 Å². The first-order valence-corrected chi connectivity index (χ1v) is 13.0. The Bertz CT molecular complexity index is 1540. The Balaban J connectivity index is 1.37. The molecule has 1 amide bonds. The van der Waals surface area contributed by atoms with Crippen molar-refractivity contribution in [2.75, 3.05) is 15.5 Å². The van der Waals surface area contributed by atoms with Gasteiger partial charge in [0.25, 0.3) is 5.91 Å². The number of alkyl halides is 3. The van der Waals surface area contributed by atoms with Crippen LogP contribution in [0.5, 0.6) is 0 Å². The monoisotopic (exact) mass is 543 g/mol. The molecule has 5 rings (SSSR count). The van der Waals surface area contributed by atoms with Gasteiger partial charge in [0, 0.05) is 53.3 Å². The Hall–Kier alpha value is -4.58. The standard InChI is InChI=1S/C31H28F3N5O/c1-20-5-3-4-12-39(19-20)28-15-25(31(32,33)34)14-27(16-28)37-29(40)24-8-6-21(2)23(13-24)9-7-22-17-35-30(36-18-22)38-26-10-11-26/h4,6,8,12-19,26H,3,5,10-11H2,1-2H3,(H,37,40)(H,35,36,38). The lowest BCUT2D eigenvalue weighted by Gasteiger charge is -2.20. The molecule has 9 heteroatoms. The Morgan fingerprint density at radius 2 is 1.82 bits per heavy atom. The van der Waals surface area contributed by atoms with Crippen LogP contribution in [0.2, 0.25) is 0 Å². The minimum absolute atomic E-state index is 0.0452. The van der Waals surface area contributed by atoms with E-state index in [1.165, 1.54) is 6.07 Å². The summed E-state index contributed by atoms with van der Waals surface area (Å²) in [6, 6.07) is 9.00. The van der Waals surface area contributed by atoms with E-state index in [0.29, 0.717) is 28.8 Å². The summed E-state index contributed by atoms with van der Waals surface area (Å²) in [4.78, 5) is 23.3. The average Bonchev–Trinajstić information content (AvgIpc) is 3.76. The summed E-state index contributed by atoms with van der Waals surface area (Å²) in [5, 5.41) is 5.86. The molecule has 6 nitrogen and oxygen atoms in total. The molecule has 2 N–H and O–H groups in total. The van der Waals surface area contributed by atoms with Crippen LogP contribution in [0.4, 0.5) is 30.5 Å². The average molecular weight is 544 g/mol. The Morgan fingerprint density at radius 1 is 1.05 bits per heavy atom. The molecule has 204 valence electrons. The fourth-order valence-corrected chi connectivity index (χ4v) is 4.12. The van der Waals surface area contributed by atoms with Crippen molar-refractivity contribution in [1.82, 2.24) is 9.97 Å². The van der Waals surface area contributed by atoms with Gasteiger partial charge < -0.3 is 15.5 Å². The second kappa shape index (κ2) is 11.3. The summed E-state index contributed by atoms with van der Waals surface area (Å²) in [7, 11) is 0. The van der Waals surface area contributed by atoms with E-state index in [4.69, 9.17) is 0 Å². The molecule has 3 aromatic rings. The van der Waals surface area contributed by atoms with Gasteiger partial charge in [0.2, 0.25) is 5.95 Å². The van der Waals surface area contributed by atoms with Crippen LogP contribution in [-0.4, -0.2) is 21.9 Å². The normalized spacial score (nSPS) is 15.0. The summed E-state index contributed by atoms with van der Waals surface area (Å²) in [6.07, 6.45) is 8.02. The second-order valence-electron chi connectivity index (χ2n) is 10.0. The Morgan fingerprint density at radius 3 is 2.55 bits per heavy atom. The molecule has 0 radical (unpaired) electrons. The number of benzene rings is 2. The molecule has 1 aromatic heterocycles. The van der Waals surface area contributed by atoms with Crippen molar-refractivity contribution in [3.63, 3.8) is 0 Å². The van der Waals surface area contributed by atoms with Crippen molar-refractivity contribution < 1.29 is 18.0 Å². The highest BCUT2D eigenvalue weighted by Crippen LogP contribution is 2.35. The van der Waals surface area contributed by atoms with Crippen LogP contribution in [-0.2, 0) is 6.18 Å². The number of rotatable bonds is 5. The molecule has 1 aliphatic carbocycles. The highest BCUT2D eigenvalue weighted by Gasteiger charge is 2.32. The van der Waals surface area contributed by atoms with Gasteiger partial charge >= 0.3 is 6.18 Å². The number of aromatic nitrogens is 2. The number of hydrogen-bond donors (Lipinski definition) is 2. The minimum atomic E-state index is -4.58. The van der Waals surface area contributed by atoms with Crippen LogP contribution >= 0.6 is 0 Å². The summed E-state index contributed by atoms with van der Waals surface area (Å²) in [5.74, 6) is 6.10. The summed E-state index contributed by atoms with van der Waals surface area (Å²) >= 11 is 0. The smallest absolute Gasteiger partial charge is 0.351 e. The van der Waals surface area contributed by atoms with Crippen molar-refractivity contribution in [3.8, 4) is 11.8 Å². The number of allylic oxidation sites excluding steroid dienone is 2. The molecule has 0 spiro atoms. The molecule has 0 atom stereocenters. The van der Waals surface area contributed by atoms with Crippen molar-refractivity contribution in [3.05, 3.63) is 101 Å². The first kappa shape index (κ1) is 27.0. The molecule has 2 aliphatic rings. The zero-order chi connectivity index (χ0) is 28.3. The minimum Gasteiger partial charge on any atom is -0.351 e. The highest BCUT2D eigenvalue weighted by molar-refractivity contribution is 6.04. The van der Waals surface area contributed by atoms with Crippen LogP contribution in [0.1, 0.15) is 65.2 Å². The quantitative estimate of drug-likeness (QED) is 0.338. The van der Waals surface area contributed by atoms with Crippen LogP contribution in [0.3, 0.4) is 0 Å². The number of carbonyl (C=O) groups is 1. The van der Waals surface area contributed by atoms with Gasteiger partial charge in [-0.2, -0.15) is 13.2 Å². The fourth-order valence-electron chi connectivity index (χ4n) is 4.12. The molecular formula is C31H28F3N5O. The molecule has 1 saturated carbocycles. The van der Waals surface area contributed by atoms with E-state index in [9.17, 15) is 18.0 Å². The number of nitrogens with one attached hydrogen (secondary N) is 2. The number of nitrogens with zero attached hydrogens (tertiary/aromatic N) is 3. The third-order valence-corrected chi connectivity index (χ3v) is 6.54. The lowest BCUT2D eigenvalue weighted by molar-refractivity contribution is -0.137. The number of anilines is 3. The molecule has 0 saturated heterocycles. The predicted octanol–water partition coefficient (Wildman–Crippen LogP) is 7.05. The molecule has 0 bridgehead atoms. The third kappa shape index (κ3) is 6.89. The predicted molar refractivity (Wildman–Crippen MR) is 150 cm³/mol. The number of halogens is 3. The molecule has 1 fully saturated rings. The molecular weight excluding hydrogens is 515 g/mol. The zero-order valence-electron chi connectivity index (χ0n) is 22.1. The zero-order valence-corrected chi connectivity index (χ0v) is 22.1. The maximum Gasteiger partial charge on any atom is 0.416 e. The van der Waals surface area contributed by atoms with Gasteiger partial charge in [0.1, 0.15) is 0 Å². The van der Waals surface area contributed by atoms with Crippen molar-refractivity contribution in [1.29, 1.82) is 0 Å². The lowest BCUT2D eigenvalue weighted by Crippen LogP contribution is -2.15. The van der Waals surface area contributed by atoms with Gasteiger partial charge in [-0.3, -0.25) is 4.79 Å². The largest absolute Gasteiger partial charge is 0.416 e. The number of hydrogen-bond acceptors (Lipinski definition) is 5. The number of amides is 1. The lowest BCUT2D eigenvalue weighted by atomic mass is 10.0. The topological polar surface area (TPSA) is 70.2 Å². The van der Waals surface area contributed by atoms with Crippen LogP contribution < -0.4 is 15.5 Å². The van der Waals surface area contributed by atoms with Gasteiger partial charge in [-0.25, -0.2) is 9.97 Å². The van der Waals surface area contributed by atoms with Crippen LogP contribution in [0.15, 0.2) is 72.8 Å². The highest BCUT2D eigenvalue weighted by atomic mass is 19.4. The molecule has 40 heavy (non-hydrogen) atoms. The van der Waals surface area contributed by atoms with Gasteiger partial charge in [-0.15, -0.1) is 0 Å². The van der Waals surface area contributed by atoms with Gasteiger partial charge in [0.05, 0.1) is 11.1 Å². The fraction of sp³-hybridized carbons (Fsp3) is 0.258. The molecule has 2 heterocycles. The summed E-state index contributed by atoms with van der Waals surface area (Å²) in [5.41, 5.74) is 2.92. The van der Waals surface area contributed by atoms with Crippen molar-refractivity contribution in [2.24, 2.45) is 0 Å². The van der Waals surface area contributed by atoms with Crippen molar-refractivity contribution >= 4 is 23.2 Å². The molecule has 1 aliphatic heterocycles. The van der Waals surface area contributed by atoms with Crippen LogP contribution in [0, 0.1) is 18.8 Å². The van der Waals surface area contributed by atoms with Gasteiger partial charge in [0.15, 0.2) is 0 Å². The van der Waals surface area contributed by atoms with E-state index in [1.54, 1.807) is 47.9 Å². The number of carbonyl (C=O) groups excluding carboxylic acids is 1. The SMILES string of the molecule is CC1=CN(c2cc(NC(=O)c3ccc(C)c(C#Cc4cnc(NC5CC5)nc4)c3)cc(C(F)(F)F)c2)C=CCC1. The maximum absolute atomic E-state index is 13.7. The van der Waals surface area contributed by atoms with E-state index in [-0.39, 0.29) is 11.3 Å². The Labute approximate surface area is 231 Å².